The van der Waals surface area contributed by atoms with Crippen LogP contribution < -0.4 is 4.74 Å². The topological polar surface area (TPSA) is 236 Å². The molecule has 40 heavy (non-hydrogen) atoms. The Hall–Kier alpha value is -3.05. The molecule has 0 aliphatic carbocycles. The van der Waals surface area contributed by atoms with Gasteiger partial charge < -0.3 is 64.9 Å². The quantitative estimate of drug-likeness (QED) is 0.153. The molecule has 2 saturated heterocycles. The number of Topliss-reactive ketones (excluding diaryl/α,β-unsaturated/α-hetero) is 1. The van der Waals surface area contributed by atoms with E-state index in [4.69, 9.17) is 18.9 Å². The molecule has 2 fully saturated rings. The smallest absolute Gasteiger partial charge is 0.229 e. The van der Waals surface area contributed by atoms with Gasteiger partial charge in [0.15, 0.2) is 12.1 Å². The molecule has 4 rings (SSSR count). The lowest BCUT2D eigenvalue weighted by Gasteiger charge is -2.41. The van der Waals surface area contributed by atoms with Crippen molar-refractivity contribution in [2.24, 2.45) is 0 Å². The summed E-state index contributed by atoms with van der Waals surface area (Å²) in [6.45, 7) is -0.867. The van der Waals surface area contributed by atoms with Crippen LogP contribution >= 0.6 is 0 Å². The standard InChI is InChI=1S/C26H32O14/c27-12-4-1-11(2-5-12)3-6-14(29)19-15(30)7-13(28)8-17(19)39-26-24(36)22(34)21(33)18(40-26)10-38-25-23(35)20(32)16(31)9-37-25/h1-2,4-5,7-8,16,18,20-28,30-36H,3,6,9-10H2/t16-,18-,20?,21-,22+,23+,24-,25-,26-/m1/s1. The highest BCUT2D eigenvalue weighted by Gasteiger charge is 2.46. The number of phenolic OH excluding ortho intramolecular Hbond substituents is 3. The van der Waals surface area contributed by atoms with Gasteiger partial charge in [-0.15, -0.1) is 0 Å². The number of hydrogen-bond acceptors (Lipinski definition) is 14. The first-order valence-corrected chi connectivity index (χ1v) is 12.5. The Kier molecular flexibility index (Phi) is 9.45. The number of aromatic hydroxyl groups is 3. The number of rotatable bonds is 9. The minimum Gasteiger partial charge on any atom is -0.508 e. The zero-order chi connectivity index (χ0) is 29.1. The van der Waals surface area contributed by atoms with E-state index in [-0.39, 0.29) is 36.5 Å². The van der Waals surface area contributed by atoms with Gasteiger partial charge in [-0.25, -0.2) is 0 Å². The molecule has 0 bridgehead atoms. The highest BCUT2D eigenvalue weighted by Crippen LogP contribution is 2.36. The molecule has 14 nitrogen and oxygen atoms in total. The van der Waals surface area contributed by atoms with E-state index in [0.29, 0.717) is 0 Å². The first-order chi connectivity index (χ1) is 19.0. The molecule has 2 aromatic carbocycles. The predicted molar refractivity (Wildman–Crippen MR) is 132 cm³/mol. The first-order valence-electron chi connectivity index (χ1n) is 12.5. The zero-order valence-electron chi connectivity index (χ0n) is 21.1. The number of ketones is 1. The van der Waals surface area contributed by atoms with Crippen molar-refractivity contribution in [3.05, 3.63) is 47.5 Å². The average Bonchev–Trinajstić information content (AvgIpc) is 2.91. The van der Waals surface area contributed by atoms with Gasteiger partial charge in [0, 0.05) is 18.6 Å². The summed E-state index contributed by atoms with van der Waals surface area (Å²) in [5.41, 5.74) is 0.402. The van der Waals surface area contributed by atoms with Gasteiger partial charge in [-0.2, -0.15) is 0 Å². The Morgan fingerprint density at radius 2 is 1.50 bits per heavy atom. The van der Waals surface area contributed by atoms with E-state index in [9.17, 15) is 50.8 Å². The Balaban J connectivity index is 1.47. The summed E-state index contributed by atoms with van der Waals surface area (Å²) in [6.07, 6.45) is -14.2. The summed E-state index contributed by atoms with van der Waals surface area (Å²) in [7, 11) is 0. The van der Waals surface area contributed by atoms with Crippen molar-refractivity contribution >= 4 is 5.78 Å². The number of ether oxygens (including phenoxy) is 4. The van der Waals surface area contributed by atoms with Crippen LogP contribution in [-0.4, -0.2) is 120 Å². The van der Waals surface area contributed by atoms with Crippen molar-refractivity contribution in [2.75, 3.05) is 13.2 Å². The van der Waals surface area contributed by atoms with Crippen molar-refractivity contribution in [3.63, 3.8) is 0 Å². The molecule has 0 amide bonds. The normalized spacial score (nSPS) is 32.5. The fraction of sp³-hybridized carbons (Fsp3) is 0.500. The highest BCUT2D eigenvalue weighted by atomic mass is 16.7. The Morgan fingerprint density at radius 3 is 2.20 bits per heavy atom. The molecule has 0 aromatic heterocycles. The fourth-order valence-corrected chi connectivity index (χ4v) is 4.40. The molecule has 9 atom stereocenters. The molecule has 2 aromatic rings. The molecule has 2 aliphatic heterocycles. The third kappa shape index (κ3) is 6.63. The number of aliphatic hydroxyl groups excluding tert-OH is 6. The second kappa shape index (κ2) is 12.6. The van der Waals surface area contributed by atoms with Crippen molar-refractivity contribution < 1.29 is 69.7 Å². The Bertz CT molecular complexity index is 1160. The van der Waals surface area contributed by atoms with Gasteiger partial charge in [-0.05, 0) is 24.1 Å². The number of carbonyl (C=O) groups excluding carboxylic acids is 1. The maximum absolute atomic E-state index is 13.0. The molecule has 2 aliphatic rings. The lowest BCUT2D eigenvalue weighted by molar-refractivity contribution is -0.307. The molecule has 0 radical (unpaired) electrons. The van der Waals surface area contributed by atoms with Gasteiger partial charge in [0.25, 0.3) is 0 Å². The summed E-state index contributed by atoms with van der Waals surface area (Å²) in [6, 6.07) is 8.09. The number of phenols is 3. The van der Waals surface area contributed by atoms with Gasteiger partial charge in [-0.1, -0.05) is 12.1 Å². The Labute approximate surface area is 227 Å². The summed E-state index contributed by atoms with van der Waals surface area (Å²) in [5.74, 6) is -1.99. The number of hydrogen-bond donors (Lipinski definition) is 9. The SMILES string of the molecule is O=C(CCc1ccc(O)cc1)c1c(O)cc(O)cc1O[C@@H]1O[C@H](CO[C@H]2OC[C@@H](O)C(O)[C@@H]2O)[C@@H](O)[C@H](O)[C@H]1O. The maximum atomic E-state index is 13.0. The summed E-state index contributed by atoms with van der Waals surface area (Å²) < 4.78 is 21.7. The van der Waals surface area contributed by atoms with Crippen molar-refractivity contribution in [1.29, 1.82) is 0 Å². The van der Waals surface area contributed by atoms with Crippen LogP contribution in [0, 0.1) is 0 Å². The third-order valence-corrected chi connectivity index (χ3v) is 6.71. The minimum atomic E-state index is -1.84. The van der Waals surface area contributed by atoms with Crippen LogP contribution in [0.15, 0.2) is 36.4 Å². The fourth-order valence-electron chi connectivity index (χ4n) is 4.40. The summed E-state index contributed by atoms with van der Waals surface area (Å²) >= 11 is 0. The van der Waals surface area contributed by atoms with Crippen LogP contribution in [-0.2, 0) is 20.6 Å². The van der Waals surface area contributed by atoms with Gasteiger partial charge in [-0.3, -0.25) is 4.79 Å². The van der Waals surface area contributed by atoms with Gasteiger partial charge in [0.2, 0.25) is 6.29 Å². The first kappa shape index (κ1) is 29.9. The second-order valence-corrected chi connectivity index (χ2v) is 9.64. The molecule has 220 valence electrons. The molecule has 14 heteroatoms. The number of benzene rings is 2. The molecular formula is C26H32O14. The number of aryl methyl sites for hydroxylation is 1. The van der Waals surface area contributed by atoms with Crippen molar-refractivity contribution in [2.45, 2.75) is 68.1 Å². The van der Waals surface area contributed by atoms with E-state index >= 15 is 0 Å². The van der Waals surface area contributed by atoms with Crippen LogP contribution in [0.4, 0.5) is 0 Å². The molecule has 9 N–H and O–H groups in total. The van der Waals surface area contributed by atoms with E-state index in [0.717, 1.165) is 17.7 Å². The lowest BCUT2D eigenvalue weighted by atomic mass is 9.98. The summed E-state index contributed by atoms with van der Waals surface area (Å²) in [4.78, 5) is 13.0. The van der Waals surface area contributed by atoms with Crippen LogP contribution in [0.25, 0.3) is 0 Å². The van der Waals surface area contributed by atoms with E-state index in [1.807, 2.05) is 0 Å². The molecular weight excluding hydrogens is 536 g/mol. The second-order valence-electron chi connectivity index (χ2n) is 9.64. The zero-order valence-corrected chi connectivity index (χ0v) is 21.1. The minimum absolute atomic E-state index is 0.0582. The third-order valence-electron chi connectivity index (χ3n) is 6.71. The molecule has 1 unspecified atom stereocenters. The van der Waals surface area contributed by atoms with E-state index in [1.54, 1.807) is 12.1 Å². The van der Waals surface area contributed by atoms with E-state index in [2.05, 4.69) is 0 Å². The van der Waals surface area contributed by atoms with Gasteiger partial charge >= 0.3 is 0 Å². The van der Waals surface area contributed by atoms with Crippen LogP contribution in [0.5, 0.6) is 23.0 Å². The summed E-state index contributed by atoms with van der Waals surface area (Å²) in [5, 5.41) is 90.6. The van der Waals surface area contributed by atoms with E-state index < -0.39 is 79.2 Å². The molecule has 0 saturated carbocycles. The predicted octanol–water partition coefficient (Wildman–Crippen LogP) is -1.74. The van der Waals surface area contributed by atoms with Gasteiger partial charge in [0.05, 0.1) is 13.2 Å². The number of carbonyl (C=O) groups is 1. The monoisotopic (exact) mass is 568 g/mol. The Morgan fingerprint density at radius 1 is 0.825 bits per heavy atom. The number of aliphatic hydroxyl groups is 6. The van der Waals surface area contributed by atoms with Crippen molar-refractivity contribution in [1.82, 2.24) is 0 Å². The average molecular weight is 569 g/mol. The van der Waals surface area contributed by atoms with Crippen LogP contribution in [0.1, 0.15) is 22.3 Å². The molecule has 0 spiro atoms. The van der Waals surface area contributed by atoms with Gasteiger partial charge in [0.1, 0.15) is 71.3 Å². The van der Waals surface area contributed by atoms with Crippen molar-refractivity contribution in [3.8, 4) is 23.0 Å². The van der Waals surface area contributed by atoms with Crippen LogP contribution in [0.2, 0.25) is 0 Å². The largest absolute Gasteiger partial charge is 0.508 e. The van der Waals surface area contributed by atoms with E-state index in [1.165, 1.54) is 12.1 Å². The highest BCUT2D eigenvalue weighted by molar-refractivity contribution is 6.01. The van der Waals surface area contributed by atoms with Crippen LogP contribution in [0.3, 0.4) is 0 Å². The maximum Gasteiger partial charge on any atom is 0.229 e. The molecule has 2 heterocycles. The lowest BCUT2D eigenvalue weighted by Crippen LogP contribution is -2.61.